The first kappa shape index (κ1) is 13.8. The minimum atomic E-state index is 0.187. The molecule has 1 unspecified atom stereocenters. The van der Waals surface area contributed by atoms with E-state index in [9.17, 15) is 0 Å². The minimum absolute atomic E-state index is 0.187. The van der Waals surface area contributed by atoms with Crippen LogP contribution in [0.15, 0.2) is 60.7 Å². The molecule has 2 rings (SSSR count). The fraction of sp³-hybridized carbons (Fsp3) is 0.294. The van der Waals surface area contributed by atoms with E-state index in [0.29, 0.717) is 5.92 Å². The van der Waals surface area contributed by atoms with Gasteiger partial charge in [0, 0.05) is 25.0 Å². The quantitative estimate of drug-likeness (QED) is 0.832. The molecule has 0 aliphatic rings. The van der Waals surface area contributed by atoms with E-state index in [2.05, 4.69) is 66.0 Å². The number of nitrogens with two attached hydrogens (primary N) is 1. The van der Waals surface area contributed by atoms with Crippen molar-refractivity contribution in [2.24, 2.45) is 5.73 Å². The molecule has 2 nitrogen and oxygen atoms in total. The van der Waals surface area contributed by atoms with E-state index in [1.807, 2.05) is 6.92 Å². The third kappa shape index (κ3) is 4.19. The van der Waals surface area contributed by atoms with Gasteiger partial charge in [-0.25, -0.2) is 0 Å². The number of rotatable bonds is 6. The number of hydrogen-bond donors (Lipinski definition) is 2. The van der Waals surface area contributed by atoms with Crippen molar-refractivity contribution in [2.45, 2.75) is 18.9 Å². The molecule has 2 aromatic carbocycles. The summed E-state index contributed by atoms with van der Waals surface area (Å²) in [6.45, 7) is 3.78. The summed E-state index contributed by atoms with van der Waals surface area (Å²) in [5.74, 6) is 0.376. The molecule has 0 amide bonds. The summed E-state index contributed by atoms with van der Waals surface area (Å²) in [6, 6.07) is 21.4. The first-order valence-electron chi connectivity index (χ1n) is 6.83. The zero-order chi connectivity index (χ0) is 13.5. The first-order chi connectivity index (χ1) is 9.27. The fourth-order valence-corrected chi connectivity index (χ4v) is 2.25. The molecule has 1 atom stereocenters. The topological polar surface area (TPSA) is 38.0 Å². The first-order valence-corrected chi connectivity index (χ1v) is 6.83. The van der Waals surface area contributed by atoms with Gasteiger partial charge in [0.25, 0.3) is 0 Å². The maximum absolute atomic E-state index is 5.79. The molecule has 0 aliphatic heterocycles. The Hall–Kier alpha value is -1.64. The van der Waals surface area contributed by atoms with Crippen molar-refractivity contribution >= 4 is 0 Å². The Kier molecular flexibility index (Phi) is 5.13. The molecule has 100 valence electrons. The van der Waals surface area contributed by atoms with Crippen LogP contribution in [-0.2, 0) is 0 Å². The number of benzene rings is 2. The predicted octanol–water partition coefficient (Wildman–Crippen LogP) is 2.76. The lowest BCUT2D eigenvalue weighted by Gasteiger charge is -2.19. The standard InChI is InChI=1S/C17H22N2/c1-14(18)12-19-13-17(15-8-4-2-5-9-15)16-10-6-3-7-11-16/h2-11,14,17,19H,12-13,18H2,1H3. The summed E-state index contributed by atoms with van der Waals surface area (Å²) >= 11 is 0. The molecular formula is C17H22N2. The van der Waals surface area contributed by atoms with Gasteiger partial charge in [-0.05, 0) is 18.1 Å². The zero-order valence-corrected chi connectivity index (χ0v) is 11.4. The van der Waals surface area contributed by atoms with E-state index in [4.69, 9.17) is 5.73 Å². The van der Waals surface area contributed by atoms with Gasteiger partial charge in [-0.15, -0.1) is 0 Å². The van der Waals surface area contributed by atoms with Gasteiger partial charge in [0.1, 0.15) is 0 Å². The van der Waals surface area contributed by atoms with Gasteiger partial charge in [-0.3, -0.25) is 0 Å². The third-order valence-electron chi connectivity index (χ3n) is 3.22. The van der Waals surface area contributed by atoms with Crippen LogP contribution in [0.2, 0.25) is 0 Å². The summed E-state index contributed by atoms with van der Waals surface area (Å²) in [6.07, 6.45) is 0. The molecule has 0 aliphatic carbocycles. The van der Waals surface area contributed by atoms with E-state index in [-0.39, 0.29) is 6.04 Å². The van der Waals surface area contributed by atoms with Gasteiger partial charge in [0.15, 0.2) is 0 Å². The molecule has 0 aromatic heterocycles. The van der Waals surface area contributed by atoms with Crippen molar-refractivity contribution < 1.29 is 0 Å². The van der Waals surface area contributed by atoms with Crippen molar-refractivity contribution in [2.75, 3.05) is 13.1 Å². The molecule has 0 fully saturated rings. The average Bonchev–Trinajstić information content (AvgIpc) is 2.45. The summed E-state index contributed by atoms with van der Waals surface area (Å²) in [4.78, 5) is 0. The van der Waals surface area contributed by atoms with Crippen LogP contribution in [0.5, 0.6) is 0 Å². The third-order valence-corrected chi connectivity index (χ3v) is 3.22. The highest BCUT2D eigenvalue weighted by atomic mass is 14.9. The molecule has 0 saturated heterocycles. The second kappa shape index (κ2) is 7.07. The maximum atomic E-state index is 5.79. The van der Waals surface area contributed by atoms with E-state index in [1.165, 1.54) is 11.1 Å². The lowest BCUT2D eigenvalue weighted by molar-refractivity contribution is 0.582. The van der Waals surface area contributed by atoms with Gasteiger partial charge in [-0.2, -0.15) is 0 Å². The smallest absolute Gasteiger partial charge is 0.0214 e. The molecule has 0 saturated carbocycles. The summed E-state index contributed by atoms with van der Waals surface area (Å²) in [5.41, 5.74) is 8.47. The molecule has 0 bridgehead atoms. The van der Waals surface area contributed by atoms with Crippen LogP contribution < -0.4 is 11.1 Å². The fourth-order valence-electron chi connectivity index (χ4n) is 2.25. The Balaban J connectivity index is 2.14. The van der Waals surface area contributed by atoms with Gasteiger partial charge in [-0.1, -0.05) is 60.7 Å². The van der Waals surface area contributed by atoms with Crippen molar-refractivity contribution in [3.05, 3.63) is 71.8 Å². The molecule has 19 heavy (non-hydrogen) atoms. The van der Waals surface area contributed by atoms with Crippen LogP contribution in [0.4, 0.5) is 0 Å². The molecule has 0 spiro atoms. The Morgan fingerprint density at radius 1 is 0.842 bits per heavy atom. The van der Waals surface area contributed by atoms with Crippen molar-refractivity contribution in [3.8, 4) is 0 Å². The van der Waals surface area contributed by atoms with Gasteiger partial charge >= 0.3 is 0 Å². The van der Waals surface area contributed by atoms with Crippen molar-refractivity contribution in [1.82, 2.24) is 5.32 Å². The molecule has 0 heterocycles. The molecule has 0 radical (unpaired) electrons. The highest BCUT2D eigenvalue weighted by Crippen LogP contribution is 2.23. The Morgan fingerprint density at radius 2 is 1.32 bits per heavy atom. The van der Waals surface area contributed by atoms with Crippen LogP contribution in [-0.4, -0.2) is 19.1 Å². The normalized spacial score (nSPS) is 12.6. The number of hydrogen-bond acceptors (Lipinski definition) is 2. The maximum Gasteiger partial charge on any atom is 0.0214 e. The average molecular weight is 254 g/mol. The molecule has 2 heteroatoms. The van der Waals surface area contributed by atoms with Gasteiger partial charge in [0.2, 0.25) is 0 Å². The number of nitrogens with one attached hydrogen (secondary N) is 1. The summed E-state index contributed by atoms with van der Waals surface area (Å²) in [5, 5.41) is 3.46. The van der Waals surface area contributed by atoms with Crippen LogP contribution in [0.25, 0.3) is 0 Å². The highest BCUT2D eigenvalue weighted by Gasteiger charge is 2.13. The minimum Gasteiger partial charge on any atom is -0.327 e. The lowest BCUT2D eigenvalue weighted by Crippen LogP contribution is -2.33. The molecular weight excluding hydrogens is 232 g/mol. The van der Waals surface area contributed by atoms with E-state index < -0.39 is 0 Å². The van der Waals surface area contributed by atoms with E-state index >= 15 is 0 Å². The monoisotopic (exact) mass is 254 g/mol. The second-order valence-corrected chi connectivity index (χ2v) is 5.01. The van der Waals surface area contributed by atoms with Crippen molar-refractivity contribution in [1.29, 1.82) is 0 Å². The molecule has 3 N–H and O–H groups in total. The Morgan fingerprint density at radius 3 is 1.74 bits per heavy atom. The zero-order valence-electron chi connectivity index (χ0n) is 11.4. The second-order valence-electron chi connectivity index (χ2n) is 5.01. The SMILES string of the molecule is CC(N)CNCC(c1ccccc1)c1ccccc1. The largest absolute Gasteiger partial charge is 0.327 e. The van der Waals surface area contributed by atoms with Crippen LogP contribution >= 0.6 is 0 Å². The van der Waals surface area contributed by atoms with E-state index in [1.54, 1.807) is 0 Å². The predicted molar refractivity (Wildman–Crippen MR) is 81.2 cm³/mol. The Labute approximate surface area is 115 Å². The summed E-state index contributed by atoms with van der Waals surface area (Å²) in [7, 11) is 0. The summed E-state index contributed by atoms with van der Waals surface area (Å²) < 4.78 is 0. The van der Waals surface area contributed by atoms with Gasteiger partial charge < -0.3 is 11.1 Å². The van der Waals surface area contributed by atoms with Crippen LogP contribution in [0, 0.1) is 0 Å². The molecule has 2 aromatic rings. The van der Waals surface area contributed by atoms with Crippen molar-refractivity contribution in [3.63, 3.8) is 0 Å². The van der Waals surface area contributed by atoms with Crippen LogP contribution in [0.3, 0.4) is 0 Å². The lowest BCUT2D eigenvalue weighted by atomic mass is 9.91. The highest BCUT2D eigenvalue weighted by molar-refractivity contribution is 5.32. The van der Waals surface area contributed by atoms with Gasteiger partial charge in [0.05, 0.1) is 0 Å². The van der Waals surface area contributed by atoms with Crippen LogP contribution in [0.1, 0.15) is 24.0 Å². The Bertz CT molecular complexity index is 426. The van der Waals surface area contributed by atoms with E-state index in [0.717, 1.165) is 13.1 Å².